The second-order valence-corrected chi connectivity index (χ2v) is 3.20. The number of carboxylic acid groups (broad SMARTS) is 1. The maximum absolute atomic E-state index is 10.4. The zero-order valence-electron chi connectivity index (χ0n) is 6.65. The van der Waals surface area contributed by atoms with E-state index < -0.39 is 12.0 Å². The van der Waals surface area contributed by atoms with Crippen LogP contribution in [-0.4, -0.2) is 21.5 Å². The van der Waals surface area contributed by atoms with E-state index in [2.05, 4.69) is 4.37 Å². The standard InChI is InChI=1S/C7H10N2O2S/c1-4-5(3-12-9-4)2-6(8)7(10)11/h3,6H,2,8H2,1H3,(H,10,11). The molecule has 3 N–H and O–H groups in total. The highest BCUT2D eigenvalue weighted by atomic mass is 32.1. The molecule has 1 heterocycles. The second-order valence-electron chi connectivity index (χ2n) is 2.57. The Kier molecular flexibility index (Phi) is 2.78. The van der Waals surface area contributed by atoms with Crippen molar-refractivity contribution in [2.24, 2.45) is 5.73 Å². The van der Waals surface area contributed by atoms with Crippen LogP contribution in [0.5, 0.6) is 0 Å². The molecule has 4 nitrogen and oxygen atoms in total. The highest BCUT2D eigenvalue weighted by molar-refractivity contribution is 7.03. The number of hydrogen-bond acceptors (Lipinski definition) is 4. The summed E-state index contributed by atoms with van der Waals surface area (Å²) < 4.78 is 4.02. The molecule has 1 aromatic rings. The summed E-state index contributed by atoms with van der Waals surface area (Å²) in [5.41, 5.74) is 7.15. The molecule has 5 heteroatoms. The van der Waals surface area contributed by atoms with E-state index >= 15 is 0 Å². The first kappa shape index (κ1) is 9.15. The van der Waals surface area contributed by atoms with Gasteiger partial charge in [0.15, 0.2) is 0 Å². The first-order valence-corrected chi connectivity index (χ1v) is 4.33. The molecule has 0 aliphatic rings. The molecule has 12 heavy (non-hydrogen) atoms. The molecule has 0 saturated carbocycles. The van der Waals surface area contributed by atoms with Crippen molar-refractivity contribution >= 4 is 17.5 Å². The van der Waals surface area contributed by atoms with Crippen LogP contribution < -0.4 is 5.73 Å². The quantitative estimate of drug-likeness (QED) is 0.716. The number of carboxylic acids is 1. The van der Waals surface area contributed by atoms with Crippen LogP contribution in [-0.2, 0) is 11.2 Å². The van der Waals surface area contributed by atoms with E-state index in [1.807, 2.05) is 12.3 Å². The minimum atomic E-state index is -0.972. The predicted molar refractivity (Wildman–Crippen MR) is 46.2 cm³/mol. The molecule has 0 amide bonds. The SMILES string of the molecule is Cc1nscc1CC(N)C(=O)O. The Morgan fingerprint density at radius 3 is 3.00 bits per heavy atom. The Balaban J connectivity index is 2.64. The Morgan fingerprint density at radius 1 is 1.92 bits per heavy atom. The molecule has 0 bridgehead atoms. The van der Waals surface area contributed by atoms with E-state index in [0.29, 0.717) is 6.42 Å². The minimum absolute atomic E-state index is 0.359. The summed E-state index contributed by atoms with van der Waals surface area (Å²) in [5.74, 6) is -0.972. The largest absolute Gasteiger partial charge is 0.480 e. The van der Waals surface area contributed by atoms with Crippen LogP contribution in [0.2, 0.25) is 0 Å². The zero-order valence-corrected chi connectivity index (χ0v) is 7.47. The fourth-order valence-corrected chi connectivity index (χ4v) is 1.56. The summed E-state index contributed by atoms with van der Waals surface area (Å²) >= 11 is 1.32. The molecule has 66 valence electrons. The van der Waals surface area contributed by atoms with Crippen molar-refractivity contribution in [3.05, 3.63) is 16.6 Å². The monoisotopic (exact) mass is 186 g/mol. The average molecular weight is 186 g/mol. The van der Waals surface area contributed by atoms with Crippen molar-refractivity contribution < 1.29 is 9.90 Å². The minimum Gasteiger partial charge on any atom is -0.480 e. The number of rotatable bonds is 3. The normalized spacial score (nSPS) is 12.8. The maximum Gasteiger partial charge on any atom is 0.320 e. The van der Waals surface area contributed by atoms with Crippen LogP contribution in [0.25, 0.3) is 0 Å². The van der Waals surface area contributed by atoms with Gasteiger partial charge in [-0.1, -0.05) is 0 Å². The van der Waals surface area contributed by atoms with Crippen LogP contribution >= 0.6 is 11.5 Å². The fraction of sp³-hybridized carbons (Fsp3) is 0.429. The maximum atomic E-state index is 10.4. The lowest BCUT2D eigenvalue weighted by Gasteiger charge is -2.03. The lowest BCUT2D eigenvalue weighted by Crippen LogP contribution is -2.32. The van der Waals surface area contributed by atoms with Crippen molar-refractivity contribution in [3.63, 3.8) is 0 Å². The fourth-order valence-electron chi connectivity index (χ4n) is 0.833. The van der Waals surface area contributed by atoms with E-state index in [9.17, 15) is 4.79 Å². The molecular weight excluding hydrogens is 176 g/mol. The summed E-state index contributed by atoms with van der Waals surface area (Å²) in [6, 6.07) is -0.819. The van der Waals surface area contributed by atoms with Crippen LogP contribution in [0.1, 0.15) is 11.3 Å². The van der Waals surface area contributed by atoms with Gasteiger partial charge in [0.2, 0.25) is 0 Å². The lowest BCUT2D eigenvalue weighted by atomic mass is 10.1. The van der Waals surface area contributed by atoms with Crippen LogP contribution in [0.15, 0.2) is 5.38 Å². The molecule has 0 spiro atoms. The van der Waals surface area contributed by atoms with Crippen molar-refractivity contribution in [1.82, 2.24) is 4.37 Å². The lowest BCUT2D eigenvalue weighted by molar-refractivity contribution is -0.138. The van der Waals surface area contributed by atoms with Gasteiger partial charge in [-0.3, -0.25) is 4.79 Å². The zero-order chi connectivity index (χ0) is 9.14. The van der Waals surface area contributed by atoms with Gasteiger partial charge in [-0.25, -0.2) is 0 Å². The molecule has 1 aromatic heterocycles. The molecule has 1 rings (SSSR count). The second kappa shape index (κ2) is 3.64. The number of aliphatic carboxylic acids is 1. The third kappa shape index (κ3) is 2.02. The molecular formula is C7H10N2O2S. The van der Waals surface area contributed by atoms with Crippen LogP contribution in [0.3, 0.4) is 0 Å². The summed E-state index contributed by atoms with van der Waals surface area (Å²) in [5, 5.41) is 10.4. The van der Waals surface area contributed by atoms with Gasteiger partial charge < -0.3 is 10.8 Å². The van der Waals surface area contributed by atoms with Crippen molar-refractivity contribution in [3.8, 4) is 0 Å². The molecule has 0 saturated heterocycles. The molecule has 1 unspecified atom stereocenters. The Hall–Kier alpha value is -0.940. The van der Waals surface area contributed by atoms with E-state index in [-0.39, 0.29) is 0 Å². The van der Waals surface area contributed by atoms with Crippen molar-refractivity contribution in [2.45, 2.75) is 19.4 Å². The summed E-state index contributed by atoms with van der Waals surface area (Å²) in [6.45, 7) is 1.85. The van der Waals surface area contributed by atoms with Crippen LogP contribution in [0.4, 0.5) is 0 Å². The molecule has 0 fully saturated rings. The molecule has 0 aliphatic carbocycles. The van der Waals surface area contributed by atoms with Crippen molar-refractivity contribution in [2.75, 3.05) is 0 Å². The number of aryl methyl sites for hydroxylation is 1. The number of aromatic nitrogens is 1. The number of hydrogen-bond donors (Lipinski definition) is 2. The topological polar surface area (TPSA) is 76.2 Å². The Bertz CT molecular complexity index is 285. The summed E-state index contributed by atoms with van der Waals surface area (Å²) in [4.78, 5) is 10.4. The van der Waals surface area contributed by atoms with Gasteiger partial charge in [0.1, 0.15) is 6.04 Å². The third-order valence-corrected chi connectivity index (χ3v) is 2.38. The highest BCUT2D eigenvalue weighted by Gasteiger charge is 2.13. The predicted octanol–water partition coefficient (Wildman–Crippen LogP) is 0.406. The van der Waals surface area contributed by atoms with Gasteiger partial charge in [-0.2, -0.15) is 4.37 Å². The van der Waals surface area contributed by atoms with E-state index in [1.165, 1.54) is 11.5 Å². The first-order chi connectivity index (χ1) is 5.61. The molecule has 1 atom stereocenters. The number of carbonyl (C=O) groups is 1. The van der Waals surface area contributed by atoms with Gasteiger partial charge in [0.25, 0.3) is 0 Å². The van der Waals surface area contributed by atoms with Gasteiger partial charge in [0, 0.05) is 11.8 Å². The van der Waals surface area contributed by atoms with Crippen LogP contribution in [0, 0.1) is 6.92 Å². The summed E-state index contributed by atoms with van der Waals surface area (Å²) in [6.07, 6.45) is 0.359. The van der Waals surface area contributed by atoms with Gasteiger partial charge in [0.05, 0.1) is 5.69 Å². The number of nitrogens with two attached hydrogens (primary N) is 1. The van der Waals surface area contributed by atoms with Gasteiger partial charge in [-0.15, -0.1) is 0 Å². The molecule has 0 aliphatic heterocycles. The van der Waals surface area contributed by atoms with Gasteiger partial charge in [-0.05, 0) is 24.0 Å². The number of nitrogens with zero attached hydrogens (tertiary/aromatic N) is 1. The van der Waals surface area contributed by atoms with E-state index in [4.69, 9.17) is 10.8 Å². The smallest absolute Gasteiger partial charge is 0.320 e. The van der Waals surface area contributed by atoms with E-state index in [1.54, 1.807) is 0 Å². The first-order valence-electron chi connectivity index (χ1n) is 3.49. The molecule has 0 aromatic carbocycles. The van der Waals surface area contributed by atoms with Gasteiger partial charge >= 0.3 is 5.97 Å². The highest BCUT2D eigenvalue weighted by Crippen LogP contribution is 2.10. The average Bonchev–Trinajstić information content (AvgIpc) is 2.36. The summed E-state index contributed by atoms with van der Waals surface area (Å²) in [7, 11) is 0. The van der Waals surface area contributed by atoms with Crippen molar-refractivity contribution in [1.29, 1.82) is 0 Å². The molecule has 0 radical (unpaired) electrons. The third-order valence-electron chi connectivity index (χ3n) is 1.61. The van der Waals surface area contributed by atoms with E-state index in [0.717, 1.165) is 11.3 Å². The Morgan fingerprint density at radius 2 is 2.58 bits per heavy atom. The Labute approximate surface area is 74.2 Å².